The summed E-state index contributed by atoms with van der Waals surface area (Å²) in [6.07, 6.45) is 1.72. The van der Waals surface area contributed by atoms with E-state index in [2.05, 4.69) is 25.6 Å². The van der Waals surface area contributed by atoms with E-state index in [-0.39, 0.29) is 30.5 Å². The molecule has 2 amide bonds. The maximum absolute atomic E-state index is 14.6. The zero-order chi connectivity index (χ0) is 25.7. The molecule has 11 nitrogen and oxygen atoms in total. The summed E-state index contributed by atoms with van der Waals surface area (Å²) < 4.78 is 35.2. The van der Waals surface area contributed by atoms with Crippen molar-refractivity contribution in [2.24, 2.45) is 0 Å². The molecule has 0 aliphatic heterocycles. The van der Waals surface area contributed by atoms with Gasteiger partial charge in [0.2, 0.25) is 0 Å². The van der Waals surface area contributed by atoms with Crippen molar-refractivity contribution in [3.8, 4) is 0 Å². The summed E-state index contributed by atoms with van der Waals surface area (Å²) in [4.78, 5) is 33.0. The summed E-state index contributed by atoms with van der Waals surface area (Å²) >= 11 is 0. The standard InChI is InChI=1S/C22H26F2N6O5/c1-11(2)18-17(28-22(33)35-6-5-12(3)31)9-30-19(18)20(25-10-26-30)27-16-7-13(21(32)29-34-4)14(23)8-15(16)24/h7-12,31H,5-6H2,1-4H3,(H,28,33)(H,29,32)(H,25,26,27). The fraction of sp³-hybridized carbons (Fsp3) is 0.364. The van der Waals surface area contributed by atoms with Crippen molar-refractivity contribution < 1.29 is 33.1 Å². The maximum atomic E-state index is 14.6. The maximum Gasteiger partial charge on any atom is 0.411 e. The Labute approximate surface area is 199 Å². The van der Waals surface area contributed by atoms with Crippen LogP contribution in [0.4, 0.5) is 30.8 Å². The van der Waals surface area contributed by atoms with Crippen LogP contribution in [0.1, 0.15) is 49.0 Å². The first kappa shape index (κ1) is 25.8. The van der Waals surface area contributed by atoms with Gasteiger partial charge in [0.05, 0.1) is 43.0 Å². The van der Waals surface area contributed by atoms with Crippen molar-refractivity contribution in [2.45, 2.75) is 39.2 Å². The van der Waals surface area contributed by atoms with Crippen LogP contribution >= 0.6 is 0 Å². The molecule has 3 rings (SSSR count). The van der Waals surface area contributed by atoms with Gasteiger partial charge >= 0.3 is 6.09 Å². The van der Waals surface area contributed by atoms with Crippen molar-refractivity contribution in [1.82, 2.24) is 20.1 Å². The van der Waals surface area contributed by atoms with Gasteiger partial charge in [0.25, 0.3) is 5.91 Å². The Balaban J connectivity index is 1.98. The molecule has 0 radical (unpaired) electrons. The smallest absolute Gasteiger partial charge is 0.411 e. The molecular weight excluding hydrogens is 466 g/mol. The van der Waals surface area contributed by atoms with E-state index in [1.54, 1.807) is 13.1 Å². The number of carbonyl (C=O) groups excluding carboxylic acids is 2. The second-order valence-corrected chi connectivity index (χ2v) is 7.98. The molecule has 13 heteroatoms. The first-order valence-corrected chi connectivity index (χ1v) is 10.7. The Bertz CT molecular complexity index is 1230. The average molecular weight is 492 g/mol. The number of carbonyl (C=O) groups is 2. The third-order valence-corrected chi connectivity index (χ3v) is 4.94. The van der Waals surface area contributed by atoms with Crippen molar-refractivity contribution in [3.63, 3.8) is 0 Å². The van der Waals surface area contributed by atoms with Crippen LogP contribution in [0.5, 0.6) is 0 Å². The highest BCUT2D eigenvalue weighted by atomic mass is 19.1. The Kier molecular flexibility index (Phi) is 8.14. The average Bonchev–Trinajstić information content (AvgIpc) is 3.14. The molecular formula is C22H26F2N6O5. The number of rotatable bonds is 9. The van der Waals surface area contributed by atoms with Gasteiger partial charge in [-0.05, 0) is 18.9 Å². The fourth-order valence-corrected chi connectivity index (χ4v) is 3.37. The molecule has 35 heavy (non-hydrogen) atoms. The number of anilines is 3. The van der Waals surface area contributed by atoms with Gasteiger partial charge in [-0.25, -0.2) is 28.6 Å². The van der Waals surface area contributed by atoms with Crippen LogP contribution in [-0.2, 0) is 9.57 Å². The number of nitrogens with zero attached hydrogens (tertiary/aromatic N) is 3. The van der Waals surface area contributed by atoms with Crippen LogP contribution in [0.15, 0.2) is 24.7 Å². The molecule has 0 saturated carbocycles. The van der Waals surface area contributed by atoms with E-state index in [0.29, 0.717) is 22.8 Å². The highest BCUT2D eigenvalue weighted by Crippen LogP contribution is 2.35. The number of amides is 2. The quantitative estimate of drug-likeness (QED) is 0.333. The fourth-order valence-electron chi connectivity index (χ4n) is 3.37. The number of fused-ring (bicyclic) bond motifs is 1. The Morgan fingerprint density at radius 2 is 1.91 bits per heavy atom. The highest BCUT2D eigenvalue weighted by Gasteiger charge is 2.22. The molecule has 2 heterocycles. The summed E-state index contributed by atoms with van der Waals surface area (Å²) in [5, 5.41) is 18.9. The van der Waals surface area contributed by atoms with Crippen LogP contribution in [0.3, 0.4) is 0 Å². The molecule has 3 aromatic rings. The van der Waals surface area contributed by atoms with E-state index in [1.807, 2.05) is 19.3 Å². The summed E-state index contributed by atoms with van der Waals surface area (Å²) in [5.41, 5.74) is 2.77. The number of aromatic nitrogens is 3. The molecule has 0 saturated heterocycles. The second kappa shape index (κ2) is 11.1. The number of hydrogen-bond acceptors (Lipinski definition) is 8. The normalized spacial score (nSPS) is 12.0. The zero-order valence-electron chi connectivity index (χ0n) is 19.6. The van der Waals surface area contributed by atoms with E-state index in [0.717, 1.165) is 6.07 Å². The molecule has 4 N–H and O–H groups in total. The van der Waals surface area contributed by atoms with Crippen LogP contribution in [0, 0.1) is 11.6 Å². The van der Waals surface area contributed by atoms with Crippen molar-refractivity contribution >= 4 is 34.7 Å². The Hall–Kier alpha value is -3.84. The van der Waals surface area contributed by atoms with E-state index in [1.165, 1.54) is 18.0 Å². The lowest BCUT2D eigenvalue weighted by Crippen LogP contribution is -2.23. The van der Waals surface area contributed by atoms with Crippen LogP contribution in [-0.4, -0.2) is 51.5 Å². The number of hydroxylamine groups is 1. The highest BCUT2D eigenvalue weighted by molar-refractivity contribution is 5.95. The summed E-state index contributed by atoms with van der Waals surface area (Å²) in [7, 11) is 1.19. The van der Waals surface area contributed by atoms with Gasteiger partial charge in [0.15, 0.2) is 5.82 Å². The number of nitrogens with one attached hydrogen (secondary N) is 3. The lowest BCUT2D eigenvalue weighted by atomic mass is 10.0. The zero-order valence-corrected chi connectivity index (χ0v) is 19.6. The minimum Gasteiger partial charge on any atom is -0.449 e. The summed E-state index contributed by atoms with van der Waals surface area (Å²) in [6.45, 7) is 5.37. The third kappa shape index (κ3) is 6.00. The predicted octanol–water partition coefficient (Wildman–Crippen LogP) is 3.49. The van der Waals surface area contributed by atoms with Gasteiger partial charge in [0, 0.05) is 18.1 Å². The number of ether oxygens (including phenoxy) is 1. The van der Waals surface area contributed by atoms with Crippen molar-refractivity contribution in [2.75, 3.05) is 24.4 Å². The van der Waals surface area contributed by atoms with E-state index < -0.39 is 35.3 Å². The largest absolute Gasteiger partial charge is 0.449 e. The molecule has 188 valence electrons. The number of aliphatic hydroxyl groups is 1. The molecule has 0 aliphatic rings. The number of halogens is 2. The lowest BCUT2D eigenvalue weighted by molar-refractivity contribution is 0.0533. The van der Waals surface area contributed by atoms with Gasteiger partial charge in [-0.1, -0.05) is 13.8 Å². The minimum atomic E-state index is -1.07. The topological polar surface area (TPSA) is 139 Å². The van der Waals surface area contributed by atoms with E-state index >= 15 is 0 Å². The number of hydrogen-bond donors (Lipinski definition) is 4. The van der Waals surface area contributed by atoms with Gasteiger partial charge in [0.1, 0.15) is 23.5 Å². The third-order valence-electron chi connectivity index (χ3n) is 4.94. The molecule has 1 aromatic carbocycles. The second-order valence-electron chi connectivity index (χ2n) is 7.98. The van der Waals surface area contributed by atoms with Crippen LogP contribution < -0.4 is 16.1 Å². The SMILES string of the molecule is CONC(=O)c1cc(Nc2ncnn3cc(NC(=O)OCCC(C)O)c(C(C)C)c23)c(F)cc1F. The molecule has 0 bridgehead atoms. The van der Waals surface area contributed by atoms with Crippen molar-refractivity contribution in [1.29, 1.82) is 0 Å². The van der Waals surface area contributed by atoms with Gasteiger partial charge in [-0.2, -0.15) is 5.10 Å². The monoisotopic (exact) mass is 492 g/mol. The molecule has 1 unspecified atom stereocenters. The first-order valence-electron chi connectivity index (χ1n) is 10.7. The summed E-state index contributed by atoms with van der Waals surface area (Å²) in [6, 6.07) is 1.57. The number of benzene rings is 1. The van der Waals surface area contributed by atoms with E-state index in [9.17, 15) is 23.5 Å². The van der Waals surface area contributed by atoms with Crippen molar-refractivity contribution in [3.05, 3.63) is 47.4 Å². The van der Waals surface area contributed by atoms with Crippen LogP contribution in [0.2, 0.25) is 0 Å². The van der Waals surface area contributed by atoms with Gasteiger partial charge in [-0.3, -0.25) is 14.9 Å². The van der Waals surface area contributed by atoms with E-state index in [4.69, 9.17) is 4.74 Å². The first-order chi connectivity index (χ1) is 16.6. The van der Waals surface area contributed by atoms with Gasteiger partial charge < -0.3 is 15.2 Å². The number of aliphatic hydroxyl groups excluding tert-OH is 1. The molecule has 0 spiro atoms. The molecule has 0 aliphatic carbocycles. The Morgan fingerprint density at radius 1 is 1.17 bits per heavy atom. The Morgan fingerprint density at radius 3 is 2.57 bits per heavy atom. The molecule has 0 fully saturated rings. The summed E-state index contributed by atoms with van der Waals surface area (Å²) in [5.74, 6) is -2.90. The molecule has 2 aromatic heterocycles. The molecule has 1 atom stereocenters. The minimum absolute atomic E-state index is 0.0311. The predicted molar refractivity (Wildman–Crippen MR) is 122 cm³/mol. The van der Waals surface area contributed by atoms with Crippen LogP contribution in [0.25, 0.3) is 5.52 Å². The lowest BCUT2D eigenvalue weighted by Gasteiger charge is -2.14. The van der Waals surface area contributed by atoms with Gasteiger partial charge in [-0.15, -0.1) is 0 Å².